The van der Waals surface area contributed by atoms with Gasteiger partial charge in [-0.1, -0.05) is 29.3 Å². The third-order valence-electron chi connectivity index (χ3n) is 2.23. The van der Waals surface area contributed by atoms with E-state index in [1.165, 1.54) is 6.92 Å². The van der Waals surface area contributed by atoms with E-state index in [0.717, 1.165) is 17.3 Å². The van der Waals surface area contributed by atoms with Crippen molar-refractivity contribution in [3.8, 4) is 5.75 Å². The van der Waals surface area contributed by atoms with Crippen molar-refractivity contribution in [2.75, 3.05) is 6.61 Å². The van der Waals surface area contributed by atoms with Gasteiger partial charge in [-0.15, -0.1) is 0 Å². The first kappa shape index (κ1) is 15.5. The van der Waals surface area contributed by atoms with Crippen LogP contribution in [0.25, 0.3) is 0 Å². The number of halogens is 1. The van der Waals surface area contributed by atoms with Gasteiger partial charge in [-0.25, -0.2) is 0 Å². The van der Waals surface area contributed by atoms with Crippen LogP contribution in [0.1, 0.15) is 37.0 Å². The van der Waals surface area contributed by atoms with Crippen molar-refractivity contribution in [2.45, 2.75) is 26.7 Å². The van der Waals surface area contributed by atoms with E-state index < -0.39 is 11.9 Å². The number of hydrogen-bond donors (Lipinski definition) is 1. The van der Waals surface area contributed by atoms with E-state index in [1.54, 1.807) is 18.2 Å². The van der Waals surface area contributed by atoms with Gasteiger partial charge in [0.1, 0.15) is 5.75 Å². The van der Waals surface area contributed by atoms with Crippen molar-refractivity contribution in [1.82, 2.24) is 5.48 Å². The summed E-state index contributed by atoms with van der Waals surface area (Å²) in [5, 5.41) is 0. The van der Waals surface area contributed by atoms with Crippen molar-refractivity contribution < 1.29 is 19.2 Å². The van der Waals surface area contributed by atoms with E-state index in [1.807, 2.05) is 0 Å². The average Bonchev–Trinajstić information content (AvgIpc) is 2.36. The molecule has 0 atom stereocenters. The highest BCUT2D eigenvalue weighted by Crippen LogP contribution is 2.24. The Labute approximate surface area is 120 Å². The molecular formula is C13H16BrNO4. The molecule has 19 heavy (non-hydrogen) atoms. The van der Waals surface area contributed by atoms with Crippen molar-refractivity contribution >= 4 is 27.8 Å². The first-order valence-electron chi connectivity index (χ1n) is 5.94. The number of hydroxylamine groups is 1. The lowest BCUT2D eigenvalue weighted by atomic mass is 10.2. The number of hydrogen-bond acceptors (Lipinski definition) is 4. The minimum atomic E-state index is -0.584. The fraction of sp³-hybridized carbons (Fsp3) is 0.385. The first-order valence-corrected chi connectivity index (χ1v) is 6.74. The molecule has 5 nitrogen and oxygen atoms in total. The lowest BCUT2D eigenvalue weighted by Gasteiger charge is -2.11. The minimum Gasteiger partial charge on any atom is -0.493 e. The smallest absolute Gasteiger partial charge is 0.329 e. The zero-order valence-electron chi connectivity index (χ0n) is 10.9. The van der Waals surface area contributed by atoms with Crippen molar-refractivity contribution in [1.29, 1.82) is 0 Å². The maximum absolute atomic E-state index is 11.8. The molecule has 0 radical (unpaired) electrons. The van der Waals surface area contributed by atoms with E-state index in [0.29, 0.717) is 17.9 Å². The predicted octanol–water partition coefficient (Wildman–Crippen LogP) is 2.84. The van der Waals surface area contributed by atoms with E-state index in [9.17, 15) is 9.59 Å². The van der Waals surface area contributed by atoms with Crippen LogP contribution in [0, 0.1) is 0 Å². The van der Waals surface area contributed by atoms with Crippen LogP contribution in [0.15, 0.2) is 22.7 Å². The lowest BCUT2D eigenvalue weighted by Crippen LogP contribution is -2.26. The molecule has 0 saturated carbocycles. The molecule has 0 bridgehead atoms. The normalized spacial score (nSPS) is 9.84. The summed E-state index contributed by atoms with van der Waals surface area (Å²) in [5.74, 6) is -0.652. The number of amides is 1. The van der Waals surface area contributed by atoms with E-state index in [4.69, 9.17) is 4.74 Å². The second kappa shape index (κ2) is 7.78. The van der Waals surface area contributed by atoms with E-state index in [-0.39, 0.29) is 0 Å². The fourth-order valence-corrected chi connectivity index (χ4v) is 1.64. The minimum absolute atomic E-state index is 0.320. The molecule has 6 heteroatoms. The molecule has 0 heterocycles. The molecule has 0 saturated heterocycles. The quantitative estimate of drug-likeness (QED) is 0.666. The van der Waals surface area contributed by atoms with Gasteiger partial charge in [0.25, 0.3) is 5.91 Å². The van der Waals surface area contributed by atoms with Gasteiger partial charge in [-0.3, -0.25) is 9.59 Å². The molecule has 0 unspecified atom stereocenters. The highest BCUT2D eigenvalue weighted by molar-refractivity contribution is 9.10. The zero-order valence-corrected chi connectivity index (χ0v) is 12.5. The number of unbranched alkanes of at least 4 members (excludes halogenated alkanes) is 1. The standard InChI is InChI=1S/C13H16BrNO4/c1-3-4-7-18-12-8-10(14)5-6-11(12)13(17)15-19-9(2)16/h5-6,8H,3-4,7H2,1-2H3,(H,15,17). The fourth-order valence-electron chi connectivity index (χ4n) is 1.30. The second-order valence-corrected chi connectivity index (χ2v) is 4.78. The topological polar surface area (TPSA) is 64.6 Å². The summed E-state index contributed by atoms with van der Waals surface area (Å²) >= 11 is 3.32. The Morgan fingerprint density at radius 1 is 1.37 bits per heavy atom. The van der Waals surface area contributed by atoms with Crippen molar-refractivity contribution in [3.63, 3.8) is 0 Å². The number of benzene rings is 1. The highest BCUT2D eigenvalue weighted by atomic mass is 79.9. The Hall–Kier alpha value is -1.56. The highest BCUT2D eigenvalue weighted by Gasteiger charge is 2.14. The number of carbonyl (C=O) groups excluding carboxylic acids is 2. The van der Waals surface area contributed by atoms with Gasteiger partial charge in [-0.05, 0) is 24.6 Å². The Kier molecular flexibility index (Phi) is 6.35. The van der Waals surface area contributed by atoms with E-state index >= 15 is 0 Å². The van der Waals surface area contributed by atoms with Gasteiger partial charge in [0, 0.05) is 11.4 Å². The van der Waals surface area contributed by atoms with Gasteiger partial charge in [0.2, 0.25) is 0 Å². The second-order valence-electron chi connectivity index (χ2n) is 3.87. The molecule has 104 valence electrons. The summed E-state index contributed by atoms with van der Waals surface area (Å²) in [5.41, 5.74) is 2.38. The summed E-state index contributed by atoms with van der Waals surface area (Å²) in [6.07, 6.45) is 1.90. The molecule has 1 N–H and O–H groups in total. The third kappa shape index (κ3) is 5.30. The zero-order chi connectivity index (χ0) is 14.3. The summed E-state index contributed by atoms with van der Waals surface area (Å²) in [7, 11) is 0. The molecule has 0 aliphatic rings. The van der Waals surface area contributed by atoms with Crippen molar-refractivity contribution in [2.24, 2.45) is 0 Å². The van der Waals surface area contributed by atoms with Crippen LogP contribution in [0.3, 0.4) is 0 Å². The molecule has 0 aliphatic carbocycles. The van der Waals surface area contributed by atoms with Crippen LogP contribution in [0.5, 0.6) is 5.75 Å². The predicted molar refractivity (Wildman–Crippen MR) is 73.8 cm³/mol. The average molecular weight is 330 g/mol. The van der Waals surface area contributed by atoms with Crippen LogP contribution in [0.4, 0.5) is 0 Å². The summed E-state index contributed by atoms with van der Waals surface area (Å²) in [6, 6.07) is 5.03. The molecule has 0 aliphatic heterocycles. The van der Waals surface area contributed by atoms with Crippen LogP contribution < -0.4 is 10.2 Å². The first-order chi connectivity index (χ1) is 9.04. The number of nitrogens with one attached hydrogen (secondary N) is 1. The number of ether oxygens (including phenoxy) is 1. The Bertz CT molecular complexity index is 462. The van der Waals surface area contributed by atoms with Crippen molar-refractivity contribution in [3.05, 3.63) is 28.2 Å². The number of carbonyl (C=O) groups is 2. The molecule has 1 aromatic carbocycles. The Morgan fingerprint density at radius 3 is 2.74 bits per heavy atom. The molecular weight excluding hydrogens is 314 g/mol. The van der Waals surface area contributed by atoms with Gasteiger partial charge in [0.05, 0.1) is 12.2 Å². The molecule has 1 amide bonds. The van der Waals surface area contributed by atoms with Gasteiger partial charge >= 0.3 is 5.97 Å². The summed E-state index contributed by atoms with van der Waals surface area (Å²) in [6.45, 7) is 3.79. The Morgan fingerprint density at radius 2 is 2.11 bits per heavy atom. The van der Waals surface area contributed by atoms with Crippen LogP contribution in [0.2, 0.25) is 0 Å². The van der Waals surface area contributed by atoms with Gasteiger partial charge in [0.15, 0.2) is 0 Å². The number of rotatable bonds is 5. The van der Waals surface area contributed by atoms with Crippen LogP contribution in [-0.4, -0.2) is 18.5 Å². The van der Waals surface area contributed by atoms with Crippen LogP contribution >= 0.6 is 15.9 Å². The summed E-state index contributed by atoms with van der Waals surface area (Å²) in [4.78, 5) is 26.9. The van der Waals surface area contributed by atoms with Gasteiger partial charge < -0.3 is 9.57 Å². The SMILES string of the molecule is CCCCOc1cc(Br)ccc1C(=O)NOC(C)=O. The van der Waals surface area contributed by atoms with Gasteiger partial charge in [-0.2, -0.15) is 5.48 Å². The Balaban J connectivity index is 2.80. The molecule has 1 rings (SSSR count). The van der Waals surface area contributed by atoms with Crippen LogP contribution in [-0.2, 0) is 9.63 Å². The molecule has 0 fully saturated rings. The molecule has 0 spiro atoms. The third-order valence-corrected chi connectivity index (χ3v) is 2.72. The maximum atomic E-state index is 11.8. The lowest BCUT2D eigenvalue weighted by molar-refractivity contribution is -0.146. The molecule has 0 aromatic heterocycles. The largest absolute Gasteiger partial charge is 0.493 e. The molecule has 1 aromatic rings. The maximum Gasteiger partial charge on any atom is 0.329 e. The monoisotopic (exact) mass is 329 g/mol. The summed E-state index contributed by atoms with van der Waals surface area (Å²) < 4.78 is 6.36. The van der Waals surface area contributed by atoms with E-state index in [2.05, 4.69) is 33.2 Å².